The van der Waals surface area contributed by atoms with Crippen LogP contribution < -0.4 is 14.4 Å². The zero-order chi connectivity index (χ0) is 19.5. The molecule has 0 aromatic heterocycles. The van der Waals surface area contributed by atoms with E-state index in [1.807, 2.05) is 24.3 Å². The summed E-state index contributed by atoms with van der Waals surface area (Å²) in [5, 5.41) is 9.56. The van der Waals surface area contributed by atoms with Crippen molar-refractivity contribution in [3.8, 4) is 17.6 Å². The maximum absolute atomic E-state index is 12.9. The topological polar surface area (TPSA) is 65.8 Å². The molecule has 28 heavy (non-hydrogen) atoms. The van der Waals surface area contributed by atoms with Crippen molar-refractivity contribution in [2.24, 2.45) is 0 Å². The maximum atomic E-state index is 12.9. The number of amides is 1. The summed E-state index contributed by atoms with van der Waals surface area (Å²) in [6.45, 7) is 2.80. The number of rotatable bonds is 3. The molecule has 2 aliphatic rings. The molecule has 1 amide bonds. The highest BCUT2D eigenvalue weighted by atomic mass is 79.9. The fourth-order valence-electron chi connectivity index (χ4n) is 3.32. The van der Waals surface area contributed by atoms with Crippen LogP contribution >= 0.6 is 15.9 Å². The maximum Gasteiger partial charge on any atom is 0.264 e. The Morgan fingerprint density at radius 2 is 1.75 bits per heavy atom. The Balaban J connectivity index is 1.48. The van der Waals surface area contributed by atoms with Gasteiger partial charge < -0.3 is 19.3 Å². The van der Waals surface area contributed by atoms with Gasteiger partial charge in [-0.05, 0) is 35.9 Å². The van der Waals surface area contributed by atoms with Crippen molar-refractivity contribution in [2.45, 2.75) is 0 Å². The molecule has 0 N–H and O–H groups in total. The Labute approximate surface area is 171 Å². The van der Waals surface area contributed by atoms with Gasteiger partial charge >= 0.3 is 0 Å². The third-order valence-corrected chi connectivity index (χ3v) is 5.52. The number of halogens is 1. The lowest BCUT2D eigenvalue weighted by Crippen LogP contribution is -2.49. The molecule has 0 spiro atoms. The second kappa shape index (κ2) is 7.95. The van der Waals surface area contributed by atoms with Gasteiger partial charge in [0, 0.05) is 36.3 Å². The monoisotopic (exact) mass is 439 g/mol. The summed E-state index contributed by atoms with van der Waals surface area (Å²) >= 11 is 3.47. The van der Waals surface area contributed by atoms with E-state index in [1.54, 1.807) is 23.1 Å². The van der Waals surface area contributed by atoms with E-state index in [-0.39, 0.29) is 18.3 Å². The van der Waals surface area contributed by atoms with Crippen LogP contribution in [0.3, 0.4) is 0 Å². The number of carbonyl (C=O) groups is 1. The SMILES string of the molecule is N#C/C(=C\c1cc2c(cc1Br)OCO2)C(=O)N1CCN(c2ccccc2)CC1. The number of nitriles is 1. The van der Waals surface area contributed by atoms with Crippen LogP contribution in [0.15, 0.2) is 52.5 Å². The van der Waals surface area contributed by atoms with Gasteiger partial charge in [-0.3, -0.25) is 4.79 Å². The fourth-order valence-corrected chi connectivity index (χ4v) is 3.75. The number of hydrogen-bond acceptors (Lipinski definition) is 5. The molecule has 0 atom stereocenters. The van der Waals surface area contributed by atoms with E-state index < -0.39 is 0 Å². The fraction of sp³-hybridized carbons (Fsp3) is 0.238. The Morgan fingerprint density at radius 1 is 1.07 bits per heavy atom. The van der Waals surface area contributed by atoms with Crippen molar-refractivity contribution in [2.75, 3.05) is 37.9 Å². The van der Waals surface area contributed by atoms with Gasteiger partial charge in [-0.2, -0.15) is 5.26 Å². The van der Waals surface area contributed by atoms with Gasteiger partial charge in [0.2, 0.25) is 6.79 Å². The molecule has 1 saturated heterocycles. The smallest absolute Gasteiger partial charge is 0.264 e. The summed E-state index contributed by atoms with van der Waals surface area (Å²) in [5.74, 6) is 1.00. The third kappa shape index (κ3) is 3.69. The van der Waals surface area contributed by atoms with E-state index in [1.165, 1.54) is 0 Å². The van der Waals surface area contributed by atoms with Gasteiger partial charge in [-0.15, -0.1) is 0 Å². The summed E-state index contributed by atoms with van der Waals surface area (Å²) in [6.07, 6.45) is 1.60. The van der Waals surface area contributed by atoms with Gasteiger partial charge in [0.05, 0.1) is 0 Å². The molecule has 7 heteroatoms. The van der Waals surface area contributed by atoms with Crippen LogP contribution in [0.2, 0.25) is 0 Å². The number of piperazine rings is 1. The van der Waals surface area contributed by atoms with E-state index in [9.17, 15) is 10.1 Å². The molecule has 2 heterocycles. The van der Waals surface area contributed by atoms with Gasteiger partial charge in [0.25, 0.3) is 5.91 Å². The highest BCUT2D eigenvalue weighted by Crippen LogP contribution is 2.37. The van der Waals surface area contributed by atoms with E-state index in [0.29, 0.717) is 30.2 Å². The molecule has 2 aromatic carbocycles. The minimum atomic E-state index is -0.250. The van der Waals surface area contributed by atoms with Crippen LogP contribution in [0.4, 0.5) is 5.69 Å². The first-order valence-electron chi connectivity index (χ1n) is 8.96. The summed E-state index contributed by atoms with van der Waals surface area (Å²) in [7, 11) is 0. The average molecular weight is 440 g/mol. The number of carbonyl (C=O) groups excluding carboxylic acids is 1. The first-order valence-corrected chi connectivity index (χ1v) is 9.75. The lowest BCUT2D eigenvalue weighted by molar-refractivity contribution is -0.126. The van der Waals surface area contributed by atoms with Crippen LogP contribution in [0.1, 0.15) is 5.56 Å². The molecule has 4 rings (SSSR count). The first-order chi connectivity index (χ1) is 13.7. The van der Waals surface area contributed by atoms with E-state index in [0.717, 1.165) is 23.2 Å². The van der Waals surface area contributed by atoms with E-state index in [4.69, 9.17) is 9.47 Å². The van der Waals surface area contributed by atoms with Crippen molar-refractivity contribution in [3.63, 3.8) is 0 Å². The Hall–Kier alpha value is -2.98. The standard InChI is InChI=1S/C21H18BrN3O3/c22-18-12-20-19(27-14-28-20)11-15(18)10-16(13-23)21(26)25-8-6-24(7-9-25)17-4-2-1-3-5-17/h1-5,10-12H,6-9,14H2/b16-10+. The Morgan fingerprint density at radius 3 is 2.43 bits per heavy atom. The summed E-state index contributed by atoms with van der Waals surface area (Å²) in [4.78, 5) is 16.8. The van der Waals surface area contributed by atoms with Crippen LogP contribution in [0.5, 0.6) is 11.5 Å². The number of anilines is 1. The molecule has 2 aromatic rings. The van der Waals surface area contributed by atoms with Crippen molar-refractivity contribution < 1.29 is 14.3 Å². The molecular weight excluding hydrogens is 422 g/mol. The predicted octanol–water partition coefficient (Wildman–Crippen LogP) is 3.43. The third-order valence-electron chi connectivity index (χ3n) is 4.83. The first kappa shape index (κ1) is 18.4. The quantitative estimate of drug-likeness (QED) is 0.541. The minimum absolute atomic E-state index is 0.104. The van der Waals surface area contributed by atoms with Crippen LogP contribution in [0, 0.1) is 11.3 Å². The molecule has 0 radical (unpaired) electrons. The minimum Gasteiger partial charge on any atom is -0.454 e. The number of hydrogen-bond donors (Lipinski definition) is 0. The number of nitrogens with zero attached hydrogens (tertiary/aromatic N) is 3. The number of benzene rings is 2. The van der Waals surface area contributed by atoms with Crippen molar-refractivity contribution >= 4 is 33.6 Å². The van der Waals surface area contributed by atoms with E-state index in [2.05, 4.69) is 33.0 Å². The number of fused-ring (bicyclic) bond motifs is 1. The second-order valence-electron chi connectivity index (χ2n) is 6.51. The van der Waals surface area contributed by atoms with Crippen LogP contribution in [-0.2, 0) is 4.79 Å². The van der Waals surface area contributed by atoms with Crippen LogP contribution in [-0.4, -0.2) is 43.8 Å². The highest BCUT2D eigenvalue weighted by Gasteiger charge is 2.24. The average Bonchev–Trinajstić information content (AvgIpc) is 3.19. The van der Waals surface area contributed by atoms with Gasteiger partial charge in [0.15, 0.2) is 11.5 Å². The lowest BCUT2D eigenvalue weighted by Gasteiger charge is -2.36. The molecule has 2 aliphatic heterocycles. The van der Waals surface area contributed by atoms with Crippen molar-refractivity contribution in [3.05, 3.63) is 58.1 Å². The van der Waals surface area contributed by atoms with Gasteiger partial charge in [-0.25, -0.2) is 0 Å². The second-order valence-corrected chi connectivity index (χ2v) is 7.37. The molecule has 0 unspecified atom stereocenters. The molecule has 1 fully saturated rings. The summed E-state index contributed by atoms with van der Waals surface area (Å²) in [6, 6.07) is 15.7. The normalized spacial score (nSPS) is 16.1. The Bertz CT molecular complexity index is 961. The summed E-state index contributed by atoms with van der Waals surface area (Å²) in [5.41, 5.74) is 1.96. The Kier molecular flexibility index (Phi) is 5.22. The zero-order valence-electron chi connectivity index (χ0n) is 15.1. The highest BCUT2D eigenvalue weighted by molar-refractivity contribution is 9.10. The number of ether oxygens (including phenoxy) is 2. The molecule has 0 saturated carbocycles. The van der Waals surface area contributed by atoms with Gasteiger partial charge in [0.1, 0.15) is 11.6 Å². The molecular formula is C21H18BrN3O3. The molecule has 6 nitrogen and oxygen atoms in total. The zero-order valence-corrected chi connectivity index (χ0v) is 16.7. The van der Waals surface area contributed by atoms with Crippen LogP contribution in [0.25, 0.3) is 6.08 Å². The molecule has 142 valence electrons. The van der Waals surface area contributed by atoms with Crippen molar-refractivity contribution in [1.82, 2.24) is 4.90 Å². The molecule has 0 aliphatic carbocycles. The molecule has 0 bridgehead atoms. The lowest BCUT2D eigenvalue weighted by atomic mass is 10.1. The van der Waals surface area contributed by atoms with E-state index >= 15 is 0 Å². The van der Waals surface area contributed by atoms with Crippen molar-refractivity contribution in [1.29, 1.82) is 5.26 Å². The largest absolute Gasteiger partial charge is 0.454 e. The number of para-hydroxylation sites is 1. The summed E-state index contributed by atoms with van der Waals surface area (Å²) < 4.78 is 11.5. The van der Waals surface area contributed by atoms with Gasteiger partial charge in [-0.1, -0.05) is 34.1 Å². The predicted molar refractivity (Wildman–Crippen MR) is 109 cm³/mol.